The maximum atomic E-state index is 6.11. The van der Waals surface area contributed by atoms with Gasteiger partial charge in [-0.25, -0.2) is 9.97 Å². The normalized spacial score (nSPS) is 13.3. The molecule has 5 heteroatoms. The molecule has 0 amide bonds. The molecular formula is C10H11BrClN3. The zero-order valence-electron chi connectivity index (χ0n) is 8.54. The minimum absolute atomic E-state index is 0.385. The number of nitrogens with zero attached hydrogens (tertiary/aromatic N) is 3. The van der Waals surface area contributed by atoms with Gasteiger partial charge in [-0.15, -0.1) is 0 Å². The first kappa shape index (κ1) is 10.9. The molecule has 15 heavy (non-hydrogen) atoms. The van der Waals surface area contributed by atoms with Gasteiger partial charge in [-0.05, 0) is 35.3 Å². The largest absolute Gasteiger partial charge is 0.325 e. The number of halogens is 2. The van der Waals surface area contributed by atoms with Crippen LogP contribution in [-0.2, 0) is 0 Å². The lowest BCUT2D eigenvalue weighted by Gasteiger charge is -2.11. The highest BCUT2D eigenvalue weighted by Gasteiger charge is 2.12. The van der Waals surface area contributed by atoms with Crippen LogP contribution in [0.4, 0.5) is 0 Å². The Balaban J connectivity index is 2.69. The predicted molar refractivity (Wildman–Crippen MR) is 65.2 cm³/mol. The zero-order chi connectivity index (χ0) is 11.0. The van der Waals surface area contributed by atoms with Crippen LogP contribution in [0.3, 0.4) is 0 Å². The van der Waals surface area contributed by atoms with Crippen LogP contribution < -0.4 is 0 Å². The Morgan fingerprint density at radius 3 is 3.00 bits per heavy atom. The van der Waals surface area contributed by atoms with Crippen LogP contribution in [0.1, 0.15) is 26.3 Å². The van der Waals surface area contributed by atoms with Crippen LogP contribution in [0.15, 0.2) is 17.0 Å². The zero-order valence-corrected chi connectivity index (χ0v) is 10.9. The molecule has 2 aromatic rings. The van der Waals surface area contributed by atoms with Gasteiger partial charge in [-0.2, -0.15) is 0 Å². The van der Waals surface area contributed by atoms with Crippen molar-refractivity contribution in [1.82, 2.24) is 14.5 Å². The van der Waals surface area contributed by atoms with E-state index in [1.807, 2.05) is 12.4 Å². The number of imidazole rings is 1. The smallest absolute Gasteiger partial charge is 0.156 e. The second-order valence-electron chi connectivity index (χ2n) is 3.51. The van der Waals surface area contributed by atoms with Gasteiger partial charge in [0.15, 0.2) is 5.15 Å². The number of pyridine rings is 1. The van der Waals surface area contributed by atoms with E-state index in [0.717, 1.165) is 22.1 Å². The molecular weight excluding hydrogens is 277 g/mol. The Morgan fingerprint density at radius 2 is 2.33 bits per heavy atom. The first-order chi connectivity index (χ1) is 7.13. The van der Waals surface area contributed by atoms with Gasteiger partial charge in [0.05, 0.1) is 11.8 Å². The van der Waals surface area contributed by atoms with Crippen molar-refractivity contribution in [2.45, 2.75) is 26.3 Å². The summed E-state index contributed by atoms with van der Waals surface area (Å²) in [5.41, 5.74) is 1.79. The van der Waals surface area contributed by atoms with Crippen LogP contribution in [-0.4, -0.2) is 14.5 Å². The molecule has 0 unspecified atom stereocenters. The fourth-order valence-electron chi connectivity index (χ4n) is 1.52. The summed E-state index contributed by atoms with van der Waals surface area (Å²) in [5.74, 6) is 0. The molecule has 0 bridgehead atoms. The number of rotatable bonds is 2. The lowest BCUT2D eigenvalue weighted by atomic mass is 10.2. The van der Waals surface area contributed by atoms with Gasteiger partial charge in [0.25, 0.3) is 0 Å². The van der Waals surface area contributed by atoms with Gasteiger partial charge < -0.3 is 4.57 Å². The number of hydrogen-bond acceptors (Lipinski definition) is 2. The Morgan fingerprint density at radius 1 is 1.60 bits per heavy atom. The van der Waals surface area contributed by atoms with Crippen molar-refractivity contribution >= 4 is 38.6 Å². The average Bonchev–Trinajstić information content (AvgIpc) is 2.60. The van der Waals surface area contributed by atoms with Crippen molar-refractivity contribution in [3.63, 3.8) is 0 Å². The molecule has 0 fully saturated rings. The highest BCUT2D eigenvalue weighted by Crippen LogP contribution is 2.27. The summed E-state index contributed by atoms with van der Waals surface area (Å²) in [4.78, 5) is 8.49. The van der Waals surface area contributed by atoms with Gasteiger partial charge in [0, 0.05) is 6.04 Å². The molecule has 0 spiro atoms. The molecule has 80 valence electrons. The maximum Gasteiger partial charge on any atom is 0.156 e. The van der Waals surface area contributed by atoms with Crippen LogP contribution >= 0.6 is 27.5 Å². The molecule has 0 saturated heterocycles. The lowest BCUT2D eigenvalue weighted by molar-refractivity contribution is 0.544. The molecule has 0 aromatic carbocycles. The molecule has 2 aromatic heterocycles. The van der Waals surface area contributed by atoms with Crippen molar-refractivity contribution < 1.29 is 0 Å². The molecule has 0 aliphatic heterocycles. The van der Waals surface area contributed by atoms with Crippen molar-refractivity contribution in [2.24, 2.45) is 0 Å². The van der Waals surface area contributed by atoms with Crippen LogP contribution in [0.5, 0.6) is 0 Å². The van der Waals surface area contributed by atoms with Gasteiger partial charge in [0.2, 0.25) is 0 Å². The SMILES string of the molecule is CC[C@H](C)n1cnc2cc(Br)nc(Cl)c21. The maximum absolute atomic E-state index is 6.11. The second kappa shape index (κ2) is 4.10. The quantitative estimate of drug-likeness (QED) is 0.787. The van der Waals surface area contributed by atoms with Crippen molar-refractivity contribution in [2.75, 3.05) is 0 Å². The van der Waals surface area contributed by atoms with Crippen LogP contribution in [0.25, 0.3) is 11.0 Å². The summed E-state index contributed by atoms with van der Waals surface area (Å²) in [7, 11) is 0. The number of fused-ring (bicyclic) bond motifs is 1. The van der Waals surface area contributed by atoms with E-state index in [9.17, 15) is 0 Å². The molecule has 0 aliphatic rings. The highest BCUT2D eigenvalue weighted by molar-refractivity contribution is 9.10. The van der Waals surface area contributed by atoms with E-state index in [0.29, 0.717) is 11.2 Å². The molecule has 2 rings (SSSR count). The van der Waals surface area contributed by atoms with E-state index in [-0.39, 0.29) is 0 Å². The summed E-state index contributed by atoms with van der Waals surface area (Å²) in [5, 5.41) is 0.497. The molecule has 3 nitrogen and oxygen atoms in total. The van der Waals surface area contributed by atoms with Crippen LogP contribution in [0, 0.1) is 0 Å². The van der Waals surface area contributed by atoms with E-state index in [2.05, 4.69) is 44.3 Å². The monoisotopic (exact) mass is 287 g/mol. The average molecular weight is 289 g/mol. The third-order valence-electron chi connectivity index (χ3n) is 2.54. The third-order valence-corrected chi connectivity index (χ3v) is 3.21. The Hall–Kier alpha value is -0.610. The first-order valence-corrected chi connectivity index (χ1v) is 5.99. The van der Waals surface area contributed by atoms with Crippen LogP contribution in [0.2, 0.25) is 5.15 Å². The van der Waals surface area contributed by atoms with Crippen molar-refractivity contribution in [1.29, 1.82) is 0 Å². The van der Waals surface area contributed by atoms with Gasteiger partial charge >= 0.3 is 0 Å². The van der Waals surface area contributed by atoms with Gasteiger partial charge in [0.1, 0.15) is 10.1 Å². The molecule has 0 saturated carbocycles. The summed E-state index contributed by atoms with van der Waals surface area (Å²) in [6.45, 7) is 4.27. The minimum Gasteiger partial charge on any atom is -0.325 e. The molecule has 0 radical (unpaired) electrons. The molecule has 0 aliphatic carbocycles. The van der Waals surface area contributed by atoms with Crippen molar-refractivity contribution in [3.05, 3.63) is 22.1 Å². The minimum atomic E-state index is 0.385. The fraction of sp³-hybridized carbons (Fsp3) is 0.400. The fourth-order valence-corrected chi connectivity index (χ4v) is 2.30. The summed E-state index contributed by atoms with van der Waals surface area (Å²) in [6.07, 6.45) is 2.86. The topological polar surface area (TPSA) is 30.7 Å². The van der Waals surface area contributed by atoms with Gasteiger partial charge in [-0.1, -0.05) is 18.5 Å². The predicted octanol–water partition coefficient (Wildman–Crippen LogP) is 3.82. The third kappa shape index (κ3) is 1.88. The standard InChI is InChI=1S/C10H11BrClN3/c1-3-6(2)15-5-13-7-4-8(11)14-10(12)9(7)15/h4-6H,3H2,1-2H3/t6-/m0/s1. The van der Waals surface area contributed by atoms with E-state index >= 15 is 0 Å². The summed E-state index contributed by atoms with van der Waals surface area (Å²) >= 11 is 9.41. The lowest BCUT2D eigenvalue weighted by Crippen LogP contribution is -2.02. The highest BCUT2D eigenvalue weighted by atomic mass is 79.9. The first-order valence-electron chi connectivity index (χ1n) is 4.82. The van der Waals surface area contributed by atoms with Crippen molar-refractivity contribution in [3.8, 4) is 0 Å². The number of aromatic nitrogens is 3. The summed E-state index contributed by atoms with van der Waals surface area (Å²) < 4.78 is 2.78. The Labute approximate surface area is 102 Å². The number of hydrogen-bond donors (Lipinski definition) is 0. The molecule has 1 atom stereocenters. The van der Waals surface area contributed by atoms with Gasteiger partial charge in [-0.3, -0.25) is 0 Å². The molecule has 0 N–H and O–H groups in total. The van der Waals surface area contributed by atoms with E-state index in [1.165, 1.54) is 0 Å². The summed E-state index contributed by atoms with van der Waals surface area (Å²) in [6, 6.07) is 2.26. The van der Waals surface area contributed by atoms with E-state index < -0.39 is 0 Å². The second-order valence-corrected chi connectivity index (χ2v) is 4.68. The molecule has 2 heterocycles. The van der Waals surface area contributed by atoms with E-state index in [1.54, 1.807) is 0 Å². The van der Waals surface area contributed by atoms with E-state index in [4.69, 9.17) is 11.6 Å². The Bertz CT molecular complexity index is 495. The Kier molecular flexibility index (Phi) is 2.98.